The average Bonchev–Trinajstić information content (AvgIpc) is 2.54. The molecule has 1 unspecified atom stereocenters. The van der Waals surface area contributed by atoms with E-state index in [2.05, 4.69) is 0 Å². The van der Waals surface area contributed by atoms with Gasteiger partial charge in [-0.3, -0.25) is 0 Å². The van der Waals surface area contributed by atoms with Crippen LogP contribution in [0.25, 0.3) is 0 Å². The highest BCUT2D eigenvalue weighted by atomic mass is 16.5. The van der Waals surface area contributed by atoms with Gasteiger partial charge in [0.15, 0.2) is 11.5 Å². The molecule has 0 aromatic heterocycles. The molecule has 1 aliphatic heterocycles. The number of aliphatic hydroxyl groups excluding tert-OH is 1. The van der Waals surface area contributed by atoms with E-state index >= 15 is 0 Å². The molecule has 88 valence electrons. The van der Waals surface area contributed by atoms with Gasteiger partial charge in [-0.2, -0.15) is 0 Å². The Kier molecular flexibility index (Phi) is 3.34. The van der Waals surface area contributed by atoms with Gasteiger partial charge in [0.1, 0.15) is 0 Å². The van der Waals surface area contributed by atoms with E-state index in [4.69, 9.17) is 9.47 Å². The van der Waals surface area contributed by atoms with Crippen LogP contribution >= 0.6 is 0 Å². The minimum Gasteiger partial charge on any atom is -0.490 e. The fourth-order valence-corrected chi connectivity index (χ4v) is 2.02. The quantitative estimate of drug-likeness (QED) is 0.834. The Balaban J connectivity index is 2.41. The molecule has 0 saturated carbocycles. The molecule has 3 nitrogen and oxygen atoms in total. The minimum atomic E-state index is 0.136. The Labute approximate surface area is 96.0 Å². The monoisotopic (exact) mass is 222 g/mol. The lowest BCUT2D eigenvalue weighted by molar-refractivity contribution is 0.272. The van der Waals surface area contributed by atoms with Gasteiger partial charge in [-0.1, -0.05) is 13.0 Å². The SMILES string of the molecule is Cc1c(C(C)CO)ccc2c1OCCCO2. The van der Waals surface area contributed by atoms with Gasteiger partial charge in [0.25, 0.3) is 0 Å². The predicted molar refractivity (Wildman–Crippen MR) is 62.3 cm³/mol. The van der Waals surface area contributed by atoms with Crippen LogP contribution in [0.2, 0.25) is 0 Å². The summed E-state index contributed by atoms with van der Waals surface area (Å²) in [5, 5.41) is 9.20. The summed E-state index contributed by atoms with van der Waals surface area (Å²) in [6.07, 6.45) is 0.916. The van der Waals surface area contributed by atoms with Crippen molar-refractivity contribution in [2.24, 2.45) is 0 Å². The third-order valence-electron chi connectivity index (χ3n) is 3.01. The summed E-state index contributed by atoms with van der Waals surface area (Å²) in [6, 6.07) is 3.96. The molecule has 1 N–H and O–H groups in total. The second kappa shape index (κ2) is 4.74. The van der Waals surface area contributed by atoms with Crippen molar-refractivity contribution in [1.29, 1.82) is 0 Å². The van der Waals surface area contributed by atoms with Crippen LogP contribution in [-0.2, 0) is 0 Å². The number of rotatable bonds is 2. The van der Waals surface area contributed by atoms with Crippen LogP contribution in [-0.4, -0.2) is 24.9 Å². The molecule has 0 saturated heterocycles. The molecule has 2 rings (SSSR count). The molecule has 1 aromatic carbocycles. The van der Waals surface area contributed by atoms with Crippen LogP contribution in [0.3, 0.4) is 0 Å². The molecule has 1 aliphatic rings. The normalized spacial score (nSPS) is 16.7. The number of fused-ring (bicyclic) bond motifs is 1. The summed E-state index contributed by atoms with van der Waals surface area (Å²) >= 11 is 0. The third kappa shape index (κ3) is 2.00. The standard InChI is InChI=1S/C13H18O3/c1-9(8-14)11-4-5-12-13(10(11)2)16-7-3-6-15-12/h4-5,9,14H,3,6-8H2,1-2H3. The highest BCUT2D eigenvalue weighted by Crippen LogP contribution is 2.37. The summed E-state index contributed by atoms with van der Waals surface area (Å²) in [6.45, 7) is 5.59. The van der Waals surface area contributed by atoms with Crippen LogP contribution in [0.5, 0.6) is 11.5 Å². The molecule has 0 amide bonds. The molecule has 0 bridgehead atoms. The highest BCUT2D eigenvalue weighted by molar-refractivity contribution is 5.51. The van der Waals surface area contributed by atoms with E-state index in [-0.39, 0.29) is 12.5 Å². The van der Waals surface area contributed by atoms with Crippen LogP contribution < -0.4 is 9.47 Å². The first-order valence-corrected chi connectivity index (χ1v) is 5.74. The van der Waals surface area contributed by atoms with Gasteiger partial charge in [-0.05, 0) is 24.1 Å². The zero-order valence-electron chi connectivity index (χ0n) is 9.82. The minimum absolute atomic E-state index is 0.136. The summed E-state index contributed by atoms with van der Waals surface area (Å²) < 4.78 is 11.3. The van der Waals surface area contributed by atoms with Crippen LogP contribution in [0, 0.1) is 6.92 Å². The second-order valence-corrected chi connectivity index (χ2v) is 4.24. The van der Waals surface area contributed by atoms with Crippen molar-refractivity contribution < 1.29 is 14.6 Å². The highest BCUT2D eigenvalue weighted by Gasteiger charge is 2.17. The Bertz CT molecular complexity index is 374. The first kappa shape index (κ1) is 11.3. The van der Waals surface area contributed by atoms with Gasteiger partial charge in [-0.25, -0.2) is 0 Å². The van der Waals surface area contributed by atoms with E-state index in [9.17, 15) is 5.11 Å². The molecule has 1 aromatic rings. The molecule has 0 aliphatic carbocycles. The van der Waals surface area contributed by atoms with Crippen molar-refractivity contribution in [3.63, 3.8) is 0 Å². The Morgan fingerprint density at radius 3 is 2.81 bits per heavy atom. The maximum absolute atomic E-state index is 9.20. The lowest BCUT2D eigenvalue weighted by Gasteiger charge is -2.17. The number of ether oxygens (including phenoxy) is 2. The van der Waals surface area contributed by atoms with E-state index in [1.54, 1.807) is 0 Å². The topological polar surface area (TPSA) is 38.7 Å². The maximum Gasteiger partial charge on any atom is 0.164 e. The van der Waals surface area contributed by atoms with Gasteiger partial charge in [0, 0.05) is 18.9 Å². The van der Waals surface area contributed by atoms with Crippen molar-refractivity contribution >= 4 is 0 Å². The number of benzene rings is 1. The van der Waals surface area contributed by atoms with E-state index in [1.807, 2.05) is 26.0 Å². The fraction of sp³-hybridized carbons (Fsp3) is 0.538. The molecule has 3 heteroatoms. The van der Waals surface area contributed by atoms with Crippen molar-refractivity contribution in [3.05, 3.63) is 23.3 Å². The molecular formula is C13H18O3. The first-order chi connectivity index (χ1) is 7.74. The Morgan fingerprint density at radius 2 is 2.06 bits per heavy atom. The molecule has 0 radical (unpaired) electrons. The number of hydrogen-bond donors (Lipinski definition) is 1. The zero-order chi connectivity index (χ0) is 11.5. The lowest BCUT2D eigenvalue weighted by Crippen LogP contribution is -2.04. The summed E-state index contributed by atoms with van der Waals surface area (Å²) in [5.74, 6) is 1.80. The van der Waals surface area contributed by atoms with E-state index in [1.165, 1.54) is 0 Å². The van der Waals surface area contributed by atoms with Crippen molar-refractivity contribution in [2.75, 3.05) is 19.8 Å². The van der Waals surface area contributed by atoms with Crippen molar-refractivity contribution in [2.45, 2.75) is 26.2 Å². The van der Waals surface area contributed by atoms with Gasteiger partial charge >= 0.3 is 0 Å². The number of hydrogen-bond acceptors (Lipinski definition) is 3. The van der Waals surface area contributed by atoms with Gasteiger partial charge in [0.05, 0.1) is 13.2 Å². The largest absolute Gasteiger partial charge is 0.490 e. The number of aliphatic hydroxyl groups is 1. The van der Waals surface area contributed by atoms with Crippen LogP contribution in [0.1, 0.15) is 30.4 Å². The molecular weight excluding hydrogens is 204 g/mol. The molecule has 0 fully saturated rings. The summed E-state index contributed by atoms with van der Waals surface area (Å²) in [7, 11) is 0. The van der Waals surface area contributed by atoms with Gasteiger partial charge in [0.2, 0.25) is 0 Å². The molecule has 1 heterocycles. The Morgan fingerprint density at radius 1 is 1.31 bits per heavy atom. The van der Waals surface area contributed by atoms with Gasteiger partial charge in [-0.15, -0.1) is 0 Å². The van der Waals surface area contributed by atoms with E-state index in [0.717, 1.165) is 29.0 Å². The molecule has 16 heavy (non-hydrogen) atoms. The smallest absolute Gasteiger partial charge is 0.164 e. The lowest BCUT2D eigenvalue weighted by atomic mass is 9.96. The van der Waals surface area contributed by atoms with Gasteiger partial charge < -0.3 is 14.6 Å². The van der Waals surface area contributed by atoms with E-state index in [0.29, 0.717) is 13.2 Å². The fourth-order valence-electron chi connectivity index (χ4n) is 2.02. The molecule has 0 spiro atoms. The van der Waals surface area contributed by atoms with Crippen molar-refractivity contribution in [1.82, 2.24) is 0 Å². The second-order valence-electron chi connectivity index (χ2n) is 4.24. The summed E-state index contributed by atoms with van der Waals surface area (Å²) in [5.41, 5.74) is 2.22. The zero-order valence-corrected chi connectivity index (χ0v) is 9.82. The van der Waals surface area contributed by atoms with Crippen LogP contribution in [0.15, 0.2) is 12.1 Å². The third-order valence-corrected chi connectivity index (χ3v) is 3.01. The predicted octanol–water partition coefficient (Wildman–Crippen LogP) is 2.25. The summed E-state index contributed by atoms with van der Waals surface area (Å²) in [4.78, 5) is 0. The Hall–Kier alpha value is -1.22. The first-order valence-electron chi connectivity index (χ1n) is 5.74. The van der Waals surface area contributed by atoms with Crippen molar-refractivity contribution in [3.8, 4) is 11.5 Å². The maximum atomic E-state index is 9.20. The van der Waals surface area contributed by atoms with Crippen LogP contribution in [0.4, 0.5) is 0 Å². The average molecular weight is 222 g/mol. The molecule has 1 atom stereocenters. The van der Waals surface area contributed by atoms with E-state index < -0.39 is 0 Å².